The van der Waals surface area contributed by atoms with E-state index in [9.17, 15) is 24.0 Å². The molecule has 1 aromatic carbocycles. The third-order valence-corrected chi connectivity index (χ3v) is 15.4. The molecule has 1 saturated heterocycles. The van der Waals surface area contributed by atoms with Crippen LogP contribution in [0.3, 0.4) is 0 Å². The second-order valence-corrected chi connectivity index (χ2v) is 39.8. The van der Waals surface area contributed by atoms with Crippen LogP contribution >= 0.6 is 0 Å². The standard InChI is InChI=1S/C15H20O3.C11H16.C9H13NO2.C8H16O.C7H14.C7H12.5C6H14.CH4/c1-14(2,3)7-8-12(16)10-9-5-6-15(4,18-9)11(10)13(8)17;1-11(2,3)9-10-7-5-4-6-8-10;1-9(2,3)6-10-7(11)4-5-8(10)12;1-5-7(9)6-8(2,3)4;2*1-5-6-7(2,3)4;5*1-5-6(2,3)4;/h5-6,8-11H,7H2,1-4H3;4-8H,9H2,1-3H3;4-5H,6H2,1-3H3;5-6H2,1-4H3;5H,1,6H2,2-4H3;1H,6H2,2-4H3;5*5H2,1-4H3;1H4. The number of fused-ring (bicyclic) bond motifs is 5. The molecule has 5 atom stereocenters. The van der Waals surface area contributed by atoms with Gasteiger partial charge in [-0.2, -0.15) is 0 Å². The minimum absolute atomic E-state index is 0. The van der Waals surface area contributed by atoms with Crippen LogP contribution in [-0.2, 0) is 35.1 Å². The molecule has 1 aromatic rings. The number of carbonyl (C=O) groups excluding carboxylic acids is 5. The highest BCUT2D eigenvalue weighted by Gasteiger charge is 2.66. The van der Waals surface area contributed by atoms with E-state index in [1.165, 1.54) is 54.7 Å². The number of hydrogen-bond donors (Lipinski definition) is 0. The topological polar surface area (TPSA) is 97.8 Å². The van der Waals surface area contributed by atoms with Gasteiger partial charge < -0.3 is 4.74 Å². The maximum Gasteiger partial charge on any atom is 0.253 e. The number of terminal acetylenes is 1. The van der Waals surface area contributed by atoms with Gasteiger partial charge in [0, 0.05) is 38.0 Å². The Morgan fingerprint density at radius 1 is 0.526 bits per heavy atom. The lowest BCUT2D eigenvalue weighted by Crippen LogP contribution is -2.37. The highest BCUT2D eigenvalue weighted by atomic mass is 16.5. The van der Waals surface area contributed by atoms with Crippen molar-refractivity contribution in [3.05, 3.63) is 72.9 Å². The first-order valence-corrected chi connectivity index (χ1v) is 36.2. The molecule has 3 aliphatic heterocycles. The average Bonchev–Trinajstić information content (AvgIpc) is 1.55. The Bertz CT molecular complexity index is 2250. The number of nitrogens with zero attached hydrogens (tertiary/aromatic N) is 1. The number of allylic oxidation sites excluding steroid dienone is 1. The summed E-state index contributed by atoms with van der Waals surface area (Å²) < 4.78 is 5.79. The SMILES string of the molecule is C.C#CCC(C)(C)C.C=CCC(C)(C)C.CC(C)(C)CC1C(=O)C2C3C=CC(C)(O3)C2C1=O.CC(C)(C)CN1C(=O)C=CC1=O.CC(C)(C)Cc1ccccc1.CCC(=O)CC(C)(C)C.CCC(C)(C)C.CCC(C)(C)C.CCC(C)(C)C.CCC(C)(C)C.CCC(C)(C)C. The van der Waals surface area contributed by atoms with Crippen LogP contribution < -0.4 is 0 Å². The zero-order valence-corrected chi connectivity index (χ0v) is 70.2. The monoisotopic (exact) mass is 1330 g/mol. The van der Waals surface area contributed by atoms with Crippen molar-refractivity contribution in [2.45, 2.75) is 367 Å². The van der Waals surface area contributed by atoms with Crippen molar-refractivity contribution in [1.29, 1.82) is 0 Å². The Morgan fingerprint density at radius 2 is 0.884 bits per heavy atom. The molecule has 7 heteroatoms. The fraction of sp³-hybridized carbons (Fsp3) is 0.784. The summed E-state index contributed by atoms with van der Waals surface area (Å²) in [6, 6.07) is 10.6. The summed E-state index contributed by atoms with van der Waals surface area (Å²) in [4.78, 5) is 59.3. The minimum atomic E-state index is -0.533. The number of imide groups is 1. The van der Waals surface area contributed by atoms with Gasteiger partial charge in [0.15, 0.2) is 0 Å². The Balaban J connectivity index is -0.000000184. The van der Waals surface area contributed by atoms with Crippen molar-refractivity contribution in [2.75, 3.05) is 6.54 Å². The quantitative estimate of drug-likeness (QED) is 0.122. The Hall–Kier alpha value is -3.89. The van der Waals surface area contributed by atoms with E-state index < -0.39 is 11.5 Å². The van der Waals surface area contributed by atoms with Gasteiger partial charge in [-0.25, -0.2) is 0 Å². The second-order valence-electron chi connectivity index (χ2n) is 39.8. The van der Waals surface area contributed by atoms with Gasteiger partial charge in [-0.1, -0.05) is 358 Å². The van der Waals surface area contributed by atoms with E-state index in [4.69, 9.17) is 11.2 Å². The van der Waals surface area contributed by atoms with Gasteiger partial charge in [0.1, 0.15) is 17.3 Å². The number of benzene rings is 1. The van der Waals surface area contributed by atoms with Crippen molar-refractivity contribution < 1.29 is 28.7 Å². The summed E-state index contributed by atoms with van der Waals surface area (Å²) >= 11 is 0. The molecule has 4 aliphatic rings. The Kier molecular flexibility index (Phi) is 50.3. The summed E-state index contributed by atoms with van der Waals surface area (Å²) in [5, 5.41) is 0. The highest BCUT2D eigenvalue weighted by Crippen LogP contribution is 2.54. The molecule has 2 amide bonds. The van der Waals surface area contributed by atoms with Crippen LogP contribution in [0.2, 0.25) is 0 Å². The summed E-state index contributed by atoms with van der Waals surface area (Å²) in [5.41, 5.74) is 4.90. The molecule has 0 N–H and O–H groups in total. The second kappa shape index (κ2) is 45.7. The first-order valence-electron chi connectivity index (χ1n) is 36.2. The van der Waals surface area contributed by atoms with E-state index >= 15 is 0 Å². The van der Waals surface area contributed by atoms with Crippen LogP contribution in [0.1, 0.15) is 354 Å². The molecule has 1 saturated carbocycles. The molecular weight excluding hydrogens is 1170 g/mol. The molecule has 558 valence electrons. The van der Waals surface area contributed by atoms with Crippen molar-refractivity contribution in [1.82, 2.24) is 4.90 Å². The van der Waals surface area contributed by atoms with Crippen LogP contribution in [0.25, 0.3) is 0 Å². The summed E-state index contributed by atoms with van der Waals surface area (Å²) in [6.45, 7) is 90.9. The van der Waals surface area contributed by atoms with Gasteiger partial charge in [-0.15, -0.1) is 18.9 Å². The molecule has 3 heterocycles. The van der Waals surface area contributed by atoms with Crippen LogP contribution in [0.5, 0.6) is 0 Å². The predicted octanol–water partition coefficient (Wildman–Crippen LogP) is 26.3. The first kappa shape index (κ1) is 105. The van der Waals surface area contributed by atoms with Gasteiger partial charge in [0.25, 0.3) is 11.8 Å². The summed E-state index contributed by atoms with van der Waals surface area (Å²) in [7, 11) is 0. The van der Waals surface area contributed by atoms with Crippen molar-refractivity contribution in [3.8, 4) is 12.3 Å². The lowest BCUT2D eigenvalue weighted by atomic mass is 9.78. The summed E-state index contributed by atoms with van der Waals surface area (Å²) in [6.07, 6.45) is 24.9. The smallest absolute Gasteiger partial charge is 0.253 e. The van der Waals surface area contributed by atoms with E-state index in [0.717, 1.165) is 19.3 Å². The molecule has 0 radical (unpaired) electrons. The molecule has 2 fully saturated rings. The maximum atomic E-state index is 12.5. The predicted molar refractivity (Wildman–Crippen MR) is 424 cm³/mol. The number of amides is 2. The number of hydrogen-bond acceptors (Lipinski definition) is 6. The zero-order valence-electron chi connectivity index (χ0n) is 70.2. The van der Waals surface area contributed by atoms with Crippen LogP contribution in [0, 0.1) is 89.7 Å². The molecule has 2 bridgehead atoms. The molecule has 0 spiro atoms. The van der Waals surface area contributed by atoms with Crippen molar-refractivity contribution in [3.63, 3.8) is 0 Å². The average molecular weight is 1330 g/mol. The fourth-order valence-corrected chi connectivity index (χ4v) is 7.49. The zero-order chi connectivity index (χ0) is 76.3. The van der Waals surface area contributed by atoms with Gasteiger partial charge in [0.2, 0.25) is 0 Å². The maximum absolute atomic E-state index is 12.5. The first-order chi connectivity index (χ1) is 41.6. The number of rotatable bonds is 6. The van der Waals surface area contributed by atoms with Crippen LogP contribution in [0.4, 0.5) is 0 Å². The van der Waals surface area contributed by atoms with Gasteiger partial charge in [-0.05, 0) is 91.3 Å². The number of ether oxygens (including phenoxy) is 1. The van der Waals surface area contributed by atoms with E-state index in [0.29, 0.717) is 74.9 Å². The normalized spacial score (nSPS) is 18.8. The molecule has 95 heavy (non-hydrogen) atoms. The third-order valence-electron chi connectivity index (χ3n) is 15.4. The van der Waals surface area contributed by atoms with Crippen LogP contribution in [-0.4, -0.2) is 52.3 Å². The van der Waals surface area contributed by atoms with Gasteiger partial charge in [-0.3, -0.25) is 28.9 Å². The molecule has 7 nitrogen and oxygen atoms in total. The van der Waals surface area contributed by atoms with E-state index in [2.05, 4.69) is 285 Å². The molecule has 1 aliphatic carbocycles. The fourth-order valence-electron chi connectivity index (χ4n) is 7.49. The van der Waals surface area contributed by atoms with Crippen molar-refractivity contribution >= 4 is 29.2 Å². The highest BCUT2D eigenvalue weighted by molar-refractivity contribution is 6.13. The third kappa shape index (κ3) is 65.8. The van der Waals surface area contributed by atoms with Gasteiger partial charge >= 0.3 is 0 Å². The molecule has 0 aromatic heterocycles. The Labute approximate surface area is 595 Å². The minimum Gasteiger partial charge on any atom is -0.362 e. The molecule has 5 rings (SSSR count). The summed E-state index contributed by atoms with van der Waals surface area (Å²) in [5.74, 6) is 1.91. The Morgan fingerprint density at radius 3 is 1.09 bits per heavy atom. The lowest BCUT2D eigenvalue weighted by molar-refractivity contribution is -0.138. The van der Waals surface area contributed by atoms with E-state index in [1.54, 1.807) is 0 Å². The number of Topliss-reactive ketones (excluding diaryl/α,β-unsaturated/α-hetero) is 3. The van der Waals surface area contributed by atoms with Crippen molar-refractivity contribution in [2.24, 2.45) is 77.3 Å². The van der Waals surface area contributed by atoms with E-state index in [1.807, 2.05) is 52.8 Å². The van der Waals surface area contributed by atoms with E-state index in [-0.39, 0.29) is 65.0 Å². The molecule has 5 unspecified atom stereocenters. The largest absolute Gasteiger partial charge is 0.362 e. The van der Waals surface area contributed by atoms with Gasteiger partial charge in [0.05, 0.1) is 29.5 Å². The molecular formula is C88H165NO6. The number of carbonyl (C=O) groups is 5. The van der Waals surface area contributed by atoms with Crippen LogP contribution in [0.15, 0.2) is 67.3 Å². The number of ketones is 3. The lowest BCUT2D eigenvalue weighted by Gasteiger charge is -2.25.